The van der Waals surface area contributed by atoms with Gasteiger partial charge in [0.2, 0.25) is 5.91 Å². The van der Waals surface area contributed by atoms with Crippen molar-refractivity contribution in [3.63, 3.8) is 0 Å². The van der Waals surface area contributed by atoms with E-state index in [4.69, 9.17) is 0 Å². The van der Waals surface area contributed by atoms with E-state index in [2.05, 4.69) is 34.9 Å². The van der Waals surface area contributed by atoms with Crippen LogP contribution in [0.5, 0.6) is 0 Å². The topological polar surface area (TPSA) is 41.1 Å². The molecule has 0 unspecified atom stereocenters. The Morgan fingerprint density at radius 1 is 1.31 bits per heavy atom. The molecule has 0 aliphatic heterocycles. The Kier molecular flexibility index (Phi) is 4.77. The number of carbonyl (C=O) groups is 1. The first-order chi connectivity index (χ1) is 7.29. The van der Waals surface area contributed by atoms with Gasteiger partial charge in [0.05, 0.1) is 6.54 Å². The van der Waals surface area contributed by atoms with Gasteiger partial charge in [0.1, 0.15) is 0 Å². The zero-order valence-corrected chi connectivity index (χ0v) is 10.1. The first kappa shape index (κ1) is 13.0. The summed E-state index contributed by atoms with van der Waals surface area (Å²) in [7, 11) is 1.78. The second kappa shape index (κ2) is 5.87. The molecule has 0 heterocycles. The SMILES string of the molecule is CNCC(=O)NC1Cc2ccccc2C1.Cl. The minimum absolute atomic E-state index is 0. The largest absolute Gasteiger partial charge is 0.352 e. The molecular weight excluding hydrogens is 224 g/mol. The summed E-state index contributed by atoms with van der Waals surface area (Å²) in [5, 5.41) is 5.88. The van der Waals surface area contributed by atoms with Gasteiger partial charge >= 0.3 is 0 Å². The molecule has 0 atom stereocenters. The highest BCUT2D eigenvalue weighted by Crippen LogP contribution is 2.21. The van der Waals surface area contributed by atoms with Crippen LogP contribution in [0.15, 0.2) is 24.3 Å². The number of rotatable bonds is 3. The summed E-state index contributed by atoms with van der Waals surface area (Å²) >= 11 is 0. The number of carbonyl (C=O) groups excluding carboxylic acids is 1. The van der Waals surface area contributed by atoms with Gasteiger partial charge in [0.25, 0.3) is 0 Å². The van der Waals surface area contributed by atoms with Crippen LogP contribution in [0, 0.1) is 0 Å². The Bertz CT molecular complexity index is 343. The Balaban J connectivity index is 0.00000128. The second-order valence-electron chi connectivity index (χ2n) is 3.97. The summed E-state index contributed by atoms with van der Waals surface area (Å²) in [6.07, 6.45) is 1.93. The smallest absolute Gasteiger partial charge is 0.234 e. The summed E-state index contributed by atoms with van der Waals surface area (Å²) in [6.45, 7) is 0.396. The van der Waals surface area contributed by atoms with E-state index in [1.807, 2.05) is 0 Å². The number of amides is 1. The third kappa shape index (κ3) is 2.97. The van der Waals surface area contributed by atoms with Crippen molar-refractivity contribution in [1.29, 1.82) is 0 Å². The zero-order valence-electron chi connectivity index (χ0n) is 9.32. The molecule has 88 valence electrons. The van der Waals surface area contributed by atoms with Crippen molar-refractivity contribution in [2.45, 2.75) is 18.9 Å². The predicted octanol–water partition coefficient (Wildman–Crippen LogP) is 0.911. The van der Waals surface area contributed by atoms with Crippen molar-refractivity contribution in [3.05, 3.63) is 35.4 Å². The molecule has 1 aliphatic carbocycles. The van der Waals surface area contributed by atoms with Crippen molar-refractivity contribution in [3.8, 4) is 0 Å². The standard InChI is InChI=1S/C12H16N2O.ClH/c1-13-8-12(15)14-11-6-9-4-2-3-5-10(9)7-11;/h2-5,11,13H,6-8H2,1H3,(H,14,15);1H. The first-order valence-electron chi connectivity index (χ1n) is 5.30. The van der Waals surface area contributed by atoms with Gasteiger partial charge in [0.15, 0.2) is 0 Å². The first-order valence-corrected chi connectivity index (χ1v) is 5.30. The molecule has 0 radical (unpaired) electrons. The van der Waals surface area contributed by atoms with Gasteiger partial charge < -0.3 is 10.6 Å². The van der Waals surface area contributed by atoms with Crippen molar-refractivity contribution in [2.24, 2.45) is 0 Å². The lowest BCUT2D eigenvalue weighted by atomic mass is 10.1. The molecule has 4 heteroatoms. The maximum Gasteiger partial charge on any atom is 0.234 e. The van der Waals surface area contributed by atoms with Crippen LogP contribution in [-0.4, -0.2) is 25.5 Å². The fourth-order valence-corrected chi connectivity index (χ4v) is 2.10. The van der Waals surface area contributed by atoms with Gasteiger partial charge in [-0.05, 0) is 31.0 Å². The summed E-state index contributed by atoms with van der Waals surface area (Å²) in [4.78, 5) is 11.4. The maximum absolute atomic E-state index is 11.4. The Morgan fingerprint density at radius 2 is 1.88 bits per heavy atom. The number of fused-ring (bicyclic) bond motifs is 1. The van der Waals surface area contributed by atoms with E-state index in [0.29, 0.717) is 6.54 Å². The van der Waals surface area contributed by atoms with E-state index < -0.39 is 0 Å². The molecular formula is C12H17ClN2O. The fourth-order valence-electron chi connectivity index (χ4n) is 2.10. The minimum atomic E-state index is 0. The molecule has 2 rings (SSSR count). The lowest BCUT2D eigenvalue weighted by Crippen LogP contribution is -2.40. The average Bonchev–Trinajstić information content (AvgIpc) is 2.59. The van der Waals surface area contributed by atoms with Crippen LogP contribution in [0.3, 0.4) is 0 Å². The van der Waals surface area contributed by atoms with Gasteiger partial charge in [-0.25, -0.2) is 0 Å². The van der Waals surface area contributed by atoms with Crippen LogP contribution >= 0.6 is 12.4 Å². The molecule has 0 aromatic heterocycles. The Labute approximate surface area is 102 Å². The normalized spacial score (nSPS) is 14.1. The number of nitrogens with one attached hydrogen (secondary N) is 2. The summed E-state index contributed by atoms with van der Waals surface area (Å²) < 4.78 is 0. The summed E-state index contributed by atoms with van der Waals surface area (Å²) in [5.74, 6) is 0.0790. The highest BCUT2D eigenvalue weighted by Gasteiger charge is 2.21. The van der Waals surface area contributed by atoms with Gasteiger partial charge in [-0.2, -0.15) is 0 Å². The monoisotopic (exact) mass is 240 g/mol. The molecule has 1 aromatic carbocycles. The average molecular weight is 241 g/mol. The molecule has 0 spiro atoms. The van der Waals surface area contributed by atoms with Crippen molar-refractivity contribution in [1.82, 2.24) is 10.6 Å². The summed E-state index contributed by atoms with van der Waals surface area (Å²) in [5.41, 5.74) is 2.74. The molecule has 1 aliphatic rings. The second-order valence-corrected chi connectivity index (χ2v) is 3.97. The molecule has 0 bridgehead atoms. The number of halogens is 1. The number of likely N-dealkylation sites (N-methyl/N-ethyl adjacent to an activating group) is 1. The van der Waals surface area contributed by atoms with Crippen LogP contribution in [-0.2, 0) is 17.6 Å². The van der Waals surface area contributed by atoms with Crippen LogP contribution < -0.4 is 10.6 Å². The van der Waals surface area contributed by atoms with Gasteiger partial charge in [0, 0.05) is 6.04 Å². The Morgan fingerprint density at radius 3 is 2.38 bits per heavy atom. The van der Waals surface area contributed by atoms with Crippen LogP contribution in [0.2, 0.25) is 0 Å². The van der Waals surface area contributed by atoms with Crippen LogP contribution in [0.25, 0.3) is 0 Å². The maximum atomic E-state index is 11.4. The number of hydrogen-bond donors (Lipinski definition) is 2. The molecule has 0 saturated heterocycles. The molecule has 1 amide bonds. The van der Waals surface area contributed by atoms with Crippen molar-refractivity contribution < 1.29 is 4.79 Å². The van der Waals surface area contributed by atoms with E-state index in [0.717, 1.165) is 12.8 Å². The van der Waals surface area contributed by atoms with E-state index in [1.54, 1.807) is 7.05 Å². The van der Waals surface area contributed by atoms with E-state index in [9.17, 15) is 4.79 Å². The summed E-state index contributed by atoms with van der Waals surface area (Å²) in [6, 6.07) is 8.66. The van der Waals surface area contributed by atoms with Crippen LogP contribution in [0.1, 0.15) is 11.1 Å². The predicted molar refractivity (Wildman–Crippen MR) is 67.0 cm³/mol. The molecule has 0 saturated carbocycles. The van der Waals surface area contributed by atoms with Crippen molar-refractivity contribution in [2.75, 3.05) is 13.6 Å². The molecule has 0 fully saturated rings. The van der Waals surface area contributed by atoms with E-state index in [1.165, 1.54) is 11.1 Å². The highest BCUT2D eigenvalue weighted by molar-refractivity contribution is 5.85. The van der Waals surface area contributed by atoms with Gasteiger partial charge in [-0.15, -0.1) is 12.4 Å². The van der Waals surface area contributed by atoms with Crippen molar-refractivity contribution >= 4 is 18.3 Å². The lowest BCUT2D eigenvalue weighted by Gasteiger charge is -2.11. The van der Waals surface area contributed by atoms with Crippen LogP contribution in [0.4, 0.5) is 0 Å². The number of benzene rings is 1. The lowest BCUT2D eigenvalue weighted by molar-refractivity contribution is -0.120. The fraction of sp³-hybridized carbons (Fsp3) is 0.417. The molecule has 3 nitrogen and oxygen atoms in total. The molecule has 1 aromatic rings. The Hall–Kier alpha value is -1.06. The molecule has 2 N–H and O–H groups in total. The quantitative estimate of drug-likeness (QED) is 0.825. The molecule has 16 heavy (non-hydrogen) atoms. The van der Waals surface area contributed by atoms with Gasteiger partial charge in [-0.1, -0.05) is 24.3 Å². The number of hydrogen-bond acceptors (Lipinski definition) is 2. The third-order valence-corrected chi connectivity index (χ3v) is 2.75. The van der Waals surface area contributed by atoms with Gasteiger partial charge in [-0.3, -0.25) is 4.79 Å². The zero-order chi connectivity index (χ0) is 10.7. The highest BCUT2D eigenvalue weighted by atomic mass is 35.5. The van der Waals surface area contributed by atoms with E-state index >= 15 is 0 Å². The minimum Gasteiger partial charge on any atom is -0.352 e. The van der Waals surface area contributed by atoms with E-state index in [-0.39, 0.29) is 24.4 Å². The third-order valence-electron chi connectivity index (χ3n) is 2.75.